The zero-order chi connectivity index (χ0) is 15.2. The fourth-order valence-corrected chi connectivity index (χ4v) is 2.49. The molecule has 1 atom stereocenters. The van der Waals surface area contributed by atoms with Crippen LogP contribution in [0.15, 0.2) is 33.9 Å². The van der Waals surface area contributed by atoms with E-state index in [-0.39, 0.29) is 17.4 Å². The summed E-state index contributed by atoms with van der Waals surface area (Å²) >= 11 is 5.16. The maximum atomic E-state index is 11.8. The lowest BCUT2D eigenvalue weighted by Crippen LogP contribution is -2.43. The van der Waals surface area contributed by atoms with Crippen molar-refractivity contribution in [2.24, 2.45) is 0 Å². The van der Waals surface area contributed by atoms with E-state index in [1.54, 1.807) is 6.07 Å². The van der Waals surface area contributed by atoms with Crippen molar-refractivity contribution < 1.29 is 18.7 Å². The van der Waals surface area contributed by atoms with Crippen molar-refractivity contribution in [3.05, 3.63) is 24.3 Å². The normalized spacial score (nSPS) is 12.1. The first-order valence-corrected chi connectivity index (χ1v) is 7.72. The van der Waals surface area contributed by atoms with E-state index in [9.17, 15) is 9.59 Å². The predicted octanol–water partition coefficient (Wildman–Crippen LogP) is 1.51. The van der Waals surface area contributed by atoms with Gasteiger partial charge in [0.2, 0.25) is 5.91 Å². The van der Waals surface area contributed by atoms with Crippen LogP contribution in [0.25, 0.3) is 11.1 Å². The first-order valence-electron chi connectivity index (χ1n) is 6.10. The Labute approximate surface area is 131 Å². The summed E-state index contributed by atoms with van der Waals surface area (Å²) in [5, 5.41) is 2.95. The van der Waals surface area contributed by atoms with Crippen molar-refractivity contribution in [3.8, 4) is 0 Å². The van der Waals surface area contributed by atoms with Crippen LogP contribution >= 0.6 is 24.4 Å². The molecule has 0 bridgehead atoms. The van der Waals surface area contributed by atoms with Gasteiger partial charge in [0, 0.05) is 5.75 Å². The molecule has 0 saturated heterocycles. The second kappa shape index (κ2) is 7.37. The van der Waals surface area contributed by atoms with E-state index in [1.807, 2.05) is 18.2 Å². The summed E-state index contributed by atoms with van der Waals surface area (Å²) in [5.41, 5.74) is 1.41. The van der Waals surface area contributed by atoms with Crippen LogP contribution in [0.1, 0.15) is 0 Å². The van der Waals surface area contributed by atoms with Gasteiger partial charge in [0.25, 0.3) is 5.22 Å². The van der Waals surface area contributed by atoms with Gasteiger partial charge in [0.05, 0.1) is 12.9 Å². The molecule has 1 unspecified atom stereocenters. The number of nitrogens with one attached hydrogen (secondary N) is 1. The Bertz CT molecular complexity index is 611. The number of hydrogen-bond acceptors (Lipinski definition) is 7. The van der Waals surface area contributed by atoms with Gasteiger partial charge < -0.3 is 14.5 Å². The number of oxazole rings is 1. The fourth-order valence-electron chi connectivity index (χ4n) is 1.60. The molecule has 0 aliphatic carbocycles. The Morgan fingerprint density at radius 2 is 2.24 bits per heavy atom. The quantitative estimate of drug-likeness (QED) is 0.476. The molecule has 1 heterocycles. The Morgan fingerprint density at radius 3 is 2.90 bits per heavy atom. The summed E-state index contributed by atoms with van der Waals surface area (Å²) in [6, 6.07) is 6.59. The van der Waals surface area contributed by atoms with Crippen LogP contribution in [-0.2, 0) is 14.3 Å². The van der Waals surface area contributed by atoms with Gasteiger partial charge in [-0.3, -0.25) is 4.79 Å². The zero-order valence-electron chi connectivity index (χ0n) is 11.2. The molecule has 0 aliphatic heterocycles. The molecule has 0 aliphatic rings. The minimum atomic E-state index is -0.755. The van der Waals surface area contributed by atoms with Crippen LogP contribution in [0.4, 0.5) is 0 Å². The molecule has 112 valence electrons. The molecule has 0 radical (unpaired) electrons. The molecule has 1 amide bonds. The minimum Gasteiger partial charge on any atom is -0.467 e. The average Bonchev–Trinajstić information content (AvgIpc) is 2.92. The minimum absolute atomic E-state index is 0.0914. The van der Waals surface area contributed by atoms with Gasteiger partial charge in [-0.15, -0.1) is 0 Å². The molecular weight excluding hydrogens is 312 g/mol. The van der Waals surface area contributed by atoms with Crippen LogP contribution < -0.4 is 5.32 Å². The Kier molecular flexibility index (Phi) is 5.51. The van der Waals surface area contributed by atoms with Gasteiger partial charge in [-0.2, -0.15) is 12.6 Å². The number of hydrogen-bond donors (Lipinski definition) is 2. The standard InChI is InChI=1S/C13H14N2O4S2/c1-18-12(17)9(6-20)14-11(16)7-21-13-15-8-4-2-3-5-10(8)19-13/h2-5,9,20H,6-7H2,1H3,(H,14,16). The van der Waals surface area contributed by atoms with E-state index in [2.05, 4.69) is 27.7 Å². The Hall–Kier alpha value is -1.67. The van der Waals surface area contributed by atoms with Crippen molar-refractivity contribution >= 4 is 47.4 Å². The van der Waals surface area contributed by atoms with Crippen LogP contribution in [0.3, 0.4) is 0 Å². The van der Waals surface area contributed by atoms with E-state index >= 15 is 0 Å². The van der Waals surface area contributed by atoms with Gasteiger partial charge in [0.15, 0.2) is 5.58 Å². The summed E-state index contributed by atoms with van der Waals surface area (Å²) in [4.78, 5) is 27.4. The second-order valence-electron chi connectivity index (χ2n) is 4.06. The molecule has 1 aromatic carbocycles. The number of rotatable bonds is 6. The number of para-hydroxylation sites is 2. The van der Waals surface area contributed by atoms with Crippen LogP contribution in [-0.4, -0.2) is 41.5 Å². The summed E-state index contributed by atoms with van der Waals surface area (Å²) in [6.07, 6.45) is 0. The van der Waals surface area contributed by atoms with E-state index in [1.165, 1.54) is 7.11 Å². The number of thioether (sulfide) groups is 1. The Morgan fingerprint density at radius 1 is 1.48 bits per heavy atom. The number of benzene rings is 1. The molecule has 8 heteroatoms. The SMILES string of the molecule is COC(=O)C(CS)NC(=O)CSc1nc2ccccc2o1. The first kappa shape index (κ1) is 15.7. The lowest BCUT2D eigenvalue weighted by molar-refractivity contribution is -0.144. The number of carbonyl (C=O) groups excluding carboxylic acids is 2. The molecule has 2 rings (SSSR count). The number of fused-ring (bicyclic) bond motifs is 1. The first-order chi connectivity index (χ1) is 10.1. The van der Waals surface area contributed by atoms with E-state index < -0.39 is 12.0 Å². The van der Waals surface area contributed by atoms with Crippen LogP contribution in [0.5, 0.6) is 0 Å². The molecule has 2 aromatic rings. The van der Waals surface area contributed by atoms with Crippen molar-refractivity contribution in [2.75, 3.05) is 18.6 Å². The highest BCUT2D eigenvalue weighted by Gasteiger charge is 2.20. The number of esters is 1. The molecule has 1 aromatic heterocycles. The van der Waals surface area contributed by atoms with Gasteiger partial charge >= 0.3 is 5.97 Å². The highest BCUT2D eigenvalue weighted by Crippen LogP contribution is 2.22. The molecule has 1 N–H and O–H groups in total. The number of thiol groups is 1. The number of amides is 1. The summed E-state index contributed by atoms with van der Waals surface area (Å²) < 4.78 is 10.1. The molecule has 6 nitrogen and oxygen atoms in total. The van der Waals surface area contributed by atoms with Crippen molar-refractivity contribution in [1.82, 2.24) is 10.3 Å². The highest BCUT2D eigenvalue weighted by atomic mass is 32.2. The van der Waals surface area contributed by atoms with E-state index in [4.69, 9.17) is 4.42 Å². The topological polar surface area (TPSA) is 81.4 Å². The lowest BCUT2D eigenvalue weighted by atomic mass is 10.3. The van der Waals surface area contributed by atoms with Gasteiger partial charge in [-0.1, -0.05) is 23.9 Å². The van der Waals surface area contributed by atoms with Crippen LogP contribution in [0, 0.1) is 0 Å². The highest BCUT2D eigenvalue weighted by molar-refractivity contribution is 7.99. The van der Waals surface area contributed by atoms with Crippen molar-refractivity contribution in [3.63, 3.8) is 0 Å². The maximum absolute atomic E-state index is 11.8. The van der Waals surface area contributed by atoms with Gasteiger partial charge in [0.1, 0.15) is 11.6 Å². The summed E-state index contributed by atoms with van der Waals surface area (Å²) in [7, 11) is 1.26. The zero-order valence-corrected chi connectivity index (χ0v) is 12.9. The molecular formula is C13H14N2O4S2. The summed E-state index contributed by atoms with van der Waals surface area (Å²) in [5.74, 6) is -0.572. The number of carbonyl (C=O) groups is 2. The van der Waals surface area contributed by atoms with Crippen molar-refractivity contribution in [2.45, 2.75) is 11.3 Å². The third-order valence-electron chi connectivity index (χ3n) is 2.60. The molecule has 0 fully saturated rings. The molecule has 0 saturated carbocycles. The lowest BCUT2D eigenvalue weighted by Gasteiger charge is -2.13. The maximum Gasteiger partial charge on any atom is 0.329 e. The Balaban J connectivity index is 1.90. The third kappa shape index (κ3) is 4.15. The van der Waals surface area contributed by atoms with E-state index in [0.717, 1.165) is 17.3 Å². The number of nitrogens with zero attached hydrogens (tertiary/aromatic N) is 1. The van der Waals surface area contributed by atoms with E-state index in [0.29, 0.717) is 10.8 Å². The van der Waals surface area contributed by atoms with Gasteiger partial charge in [-0.25, -0.2) is 9.78 Å². The molecule has 21 heavy (non-hydrogen) atoms. The number of methoxy groups -OCH3 is 1. The molecule has 0 spiro atoms. The van der Waals surface area contributed by atoms with Gasteiger partial charge in [-0.05, 0) is 12.1 Å². The number of ether oxygens (including phenoxy) is 1. The monoisotopic (exact) mass is 326 g/mol. The summed E-state index contributed by atoms with van der Waals surface area (Å²) in [6.45, 7) is 0. The average molecular weight is 326 g/mol. The second-order valence-corrected chi connectivity index (χ2v) is 5.35. The fraction of sp³-hybridized carbons (Fsp3) is 0.308. The van der Waals surface area contributed by atoms with Crippen molar-refractivity contribution in [1.29, 1.82) is 0 Å². The smallest absolute Gasteiger partial charge is 0.329 e. The third-order valence-corrected chi connectivity index (χ3v) is 3.80. The predicted molar refractivity (Wildman–Crippen MR) is 82.5 cm³/mol. The largest absolute Gasteiger partial charge is 0.467 e. The number of aromatic nitrogens is 1. The van der Waals surface area contributed by atoms with Crippen LogP contribution in [0.2, 0.25) is 0 Å².